The second-order valence-electron chi connectivity index (χ2n) is 5.62. The number of phenols is 1. The van der Waals surface area contributed by atoms with Crippen molar-refractivity contribution >= 4 is 18.9 Å². The SMILES string of the molecule is CC(C)(C)[Si](C)(C)c1c(N)cccc1O. The van der Waals surface area contributed by atoms with Crippen LogP contribution in [0.3, 0.4) is 0 Å². The van der Waals surface area contributed by atoms with Crippen LogP contribution in [0.5, 0.6) is 5.75 Å². The predicted molar refractivity (Wildman–Crippen MR) is 69.4 cm³/mol. The van der Waals surface area contributed by atoms with Gasteiger partial charge >= 0.3 is 0 Å². The van der Waals surface area contributed by atoms with Crippen LogP contribution in [0.15, 0.2) is 18.2 Å². The van der Waals surface area contributed by atoms with E-state index in [1.54, 1.807) is 12.1 Å². The van der Waals surface area contributed by atoms with Gasteiger partial charge in [0.05, 0.1) is 8.07 Å². The molecule has 1 aromatic rings. The van der Waals surface area contributed by atoms with Gasteiger partial charge in [-0.05, 0) is 17.2 Å². The normalized spacial score (nSPS) is 12.9. The summed E-state index contributed by atoms with van der Waals surface area (Å²) in [4.78, 5) is 0. The first kappa shape index (κ1) is 12.1. The zero-order valence-corrected chi connectivity index (χ0v) is 11.3. The van der Waals surface area contributed by atoms with Crippen molar-refractivity contribution in [2.75, 3.05) is 5.73 Å². The van der Waals surface area contributed by atoms with E-state index in [4.69, 9.17) is 5.73 Å². The Bertz CT molecular complexity index is 346. The number of rotatable bonds is 1. The van der Waals surface area contributed by atoms with Gasteiger partial charge in [-0.3, -0.25) is 0 Å². The molecule has 0 aliphatic rings. The summed E-state index contributed by atoms with van der Waals surface area (Å²) in [7, 11) is -1.75. The fraction of sp³-hybridized carbons (Fsp3) is 0.500. The first-order valence-corrected chi connectivity index (χ1v) is 8.26. The Morgan fingerprint density at radius 1 is 1.20 bits per heavy atom. The van der Waals surface area contributed by atoms with Gasteiger partial charge < -0.3 is 10.8 Å². The summed E-state index contributed by atoms with van der Waals surface area (Å²) in [5.74, 6) is 0.349. The summed E-state index contributed by atoms with van der Waals surface area (Å²) in [6.07, 6.45) is 0. The molecule has 1 aromatic carbocycles. The van der Waals surface area contributed by atoms with Gasteiger partial charge in [0.2, 0.25) is 0 Å². The van der Waals surface area contributed by atoms with Gasteiger partial charge in [-0.15, -0.1) is 0 Å². The molecule has 0 saturated carbocycles. The molecule has 3 N–H and O–H groups in total. The molecular formula is C12H21NOSi. The van der Waals surface area contributed by atoms with E-state index in [-0.39, 0.29) is 5.04 Å². The monoisotopic (exact) mass is 223 g/mol. The molecule has 0 bridgehead atoms. The predicted octanol–water partition coefficient (Wildman–Crippen LogP) is 2.69. The molecule has 0 atom stereocenters. The van der Waals surface area contributed by atoms with E-state index in [0.29, 0.717) is 5.75 Å². The lowest BCUT2D eigenvalue weighted by Gasteiger charge is -2.38. The lowest BCUT2D eigenvalue weighted by molar-refractivity contribution is 0.479. The topological polar surface area (TPSA) is 46.2 Å². The van der Waals surface area contributed by atoms with Gasteiger partial charge in [0.15, 0.2) is 0 Å². The Morgan fingerprint density at radius 3 is 2.13 bits per heavy atom. The van der Waals surface area contributed by atoms with E-state index in [1.807, 2.05) is 6.07 Å². The van der Waals surface area contributed by atoms with Gasteiger partial charge in [-0.1, -0.05) is 39.9 Å². The van der Waals surface area contributed by atoms with Crippen LogP contribution in [-0.4, -0.2) is 13.2 Å². The molecule has 84 valence electrons. The third-order valence-electron chi connectivity index (χ3n) is 3.57. The van der Waals surface area contributed by atoms with Crippen LogP contribution in [0.1, 0.15) is 20.8 Å². The maximum atomic E-state index is 9.95. The molecular weight excluding hydrogens is 202 g/mol. The quantitative estimate of drug-likeness (QED) is 0.568. The lowest BCUT2D eigenvalue weighted by atomic mass is 10.2. The van der Waals surface area contributed by atoms with E-state index in [0.717, 1.165) is 10.9 Å². The molecule has 0 saturated heterocycles. The Labute approximate surface area is 93.1 Å². The van der Waals surface area contributed by atoms with Gasteiger partial charge in [-0.25, -0.2) is 0 Å². The zero-order valence-electron chi connectivity index (χ0n) is 10.3. The highest BCUT2D eigenvalue weighted by atomic mass is 28.3. The molecule has 15 heavy (non-hydrogen) atoms. The number of nitrogen functional groups attached to an aromatic ring is 1. The standard InChI is InChI=1S/C12H21NOSi/c1-12(2,3)15(4,5)11-9(13)7-6-8-10(11)14/h6-8,14H,13H2,1-5H3. The molecule has 0 heterocycles. The highest BCUT2D eigenvalue weighted by molar-refractivity contribution is 6.93. The van der Waals surface area contributed by atoms with Crippen molar-refractivity contribution in [3.8, 4) is 5.75 Å². The Balaban J connectivity index is 3.39. The van der Waals surface area contributed by atoms with Crippen molar-refractivity contribution in [1.82, 2.24) is 0 Å². The average Bonchev–Trinajstić information content (AvgIpc) is 2.00. The molecule has 0 fully saturated rings. The number of aromatic hydroxyl groups is 1. The molecule has 1 rings (SSSR count). The summed E-state index contributed by atoms with van der Waals surface area (Å²) < 4.78 is 0. The largest absolute Gasteiger partial charge is 0.508 e. The van der Waals surface area contributed by atoms with Crippen LogP contribution in [0, 0.1) is 0 Å². The molecule has 0 aliphatic carbocycles. The number of benzene rings is 1. The highest BCUT2D eigenvalue weighted by Crippen LogP contribution is 2.38. The Morgan fingerprint density at radius 2 is 1.73 bits per heavy atom. The number of anilines is 1. The van der Waals surface area contributed by atoms with Crippen molar-refractivity contribution in [2.45, 2.75) is 38.9 Å². The zero-order chi connectivity index (χ0) is 11.9. The van der Waals surface area contributed by atoms with Gasteiger partial charge in [0, 0.05) is 10.9 Å². The minimum Gasteiger partial charge on any atom is -0.508 e. The van der Waals surface area contributed by atoms with E-state index < -0.39 is 8.07 Å². The molecule has 0 aromatic heterocycles. The van der Waals surface area contributed by atoms with Crippen molar-refractivity contribution < 1.29 is 5.11 Å². The minimum absolute atomic E-state index is 0.181. The van der Waals surface area contributed by atoms with Crippen molar-refractivity contribution in [2.24, 2.45) is 0 Å². The third kappa shape index (κ3) is 2.02. The van der Waals surface area contributed by atoms with Crippen molar-refractivity contribution in [3.63, 3.8) is 0 Å². The lowest BCUT2D eigenvalue weighted by Crippen LogP contribution is -2.50. The van der Waals surface area contributed by atoms with Gasteiger partial charge in [0.25, 0.3) is 0 Å². The van der Waals surface area contributed by atoms with Crippen LogP contribution in [0.25, 0.3) is 0 Å². The van der Waals surface area contributed by atoms with Crippen LogP contribution in [-0.2, 0) is 0 Å². The summed E-state index contributed by atoms with van der Waals surface area (Å²) >= 11 is 0. The van der Waals surface area contributed by atoms with Crippen LogP contribution < -0.4 is 10.9 Å². The van der Waals surface area contributed by atoms with Gasteiger partial charge in [-0.2, -0.15) is 0 Å². The fourth-order valence-corrected chi connectivity index (χ4v) is 3.89. The average molecular weight is 223 g/mol. The summed E-state index contributed by atoms with van der Waals surface area (Å²) in [5.41, 5.74) is 6.70. The van der Waals surface area contributed by atoms with E-state index in [9.17, 15) is 5.11 Å². The van der Waals surface area contributed by atoms with Crippen LogP contribution in [0.4, 0.5) is 5.69 Å². The second-order valence-corrected chi connectivity index (χ2v) is 10.9. The number of phenolic OH excluding ortho intramolecular Hbond substituents is 1. The smallest absolute Gasteiger partial charge is 0.116 e. The minimum atomic E-state index is -1.75. The van der Waals surface area contributed by atoms with E-state index >= 15 is 0 Å². The fourth-order valence-electron chi connectivity index (χ4n) is 1.61. The Hall–Kier alpha value is -0.963. The molecule has 0 radical (unpaired) electrons. The molecule has 3 heteroatoms. The highest BCUT2D eigenvalue weighted by Gasteiger charge is 2.39. The second kappa shape index (κ2) is 3.56. The summed E-state index contributed by atoms with van der Waals surface area (Å²) in [6, 6.07) is 5.39. The summed E-state index contributed by atoms with van der Waals surface area (Å²) in [5, 5.41) is 11.1. The molecule has 0 spiro atoms. The molecule has 0 aliphatic heterocycles. The molecule has 0 unspecified atom stereocenters. The maximum Gasteiger partial charge on any atom is 0.116 e. The third-order valence-corrected chi connectivity index (χ3v) is 9.12. The first-order valence-electron chi connectivity index (χ1n) is 5.26. The number of nitrogens with two attached hydrogens (primary N) is 1. The number of hydrogen-bond donors (Lipinski definition) is 2. The van der Waals surface area contributed by atoms with Crippen LogP contribution in [0.2, 0.25) is 18.1 Å². The first-order chi connectivity index (χ1) is 6.68. The van der Waals surface area contributed by atoms with Crippen LogP contribution >= 0.6 is 0 Å². The molecule has 2 nitrogen and oxygen atoms in total. The molecule has 0 amide bonds. The van der Waals surface area contributed by atoms with Gasteiger partial charge in [0.1, 0.15) is 5.75 Å². The maximum absolute atomic E-state index is 9.95. The van der Waals surface area contributed by atoms with E-state index in [2.05, 4.69) is 33.9 Å². The Kier molecular flexibility index (Phi) is 2.87. The van der Waals surface area contributed by atoms with E-state index in [1.165, 1.54) is 0 Å². The van der Waals surface area contributed by atoms with Crippen molar-refractivity contribution in [1.29, 1.82) is 0 Å². The summed E-state index contributed by atoms with van der Waals surface area (Å²) in [6.45, 7) is 11.1. The number of hydrogen-bond acceptors (Lipinski definition) is 2. The van der Waals surface area contributed by atoms with Crippen molar-refractivity contribution in [3.05, 3.63) is 18.2 Å².